The molecule has 1 atom stereocenters. The van der Waals surface area contributed by atoms with Crippen LogP contribution < -0.4 is 0 Å². The van der Waals surface area contributed by atoms with Crippen molar-refractivity contribution in [2.45, 2.75) is 77.7 Å². The predicted octanol–water partition coefficient (Wildman–Crippen LogP) is 4.88. The quantitative estimate of drug-likeness (QED) is 0.304. The highest BCUT2D eigenvalue weighted by atomic mass is 16.5. The Labute approximate surface area is 144 Å². The van der Waals surface area contributed by atoms with Crippen LogP contribution in [0.15, 0.2) is 12.1 Å². The second-order valence-corrected chi connectivity index (χ2v) is 6.24. The number of hydrogen-bond donors (Lipinski definition) is 3. The molecule has 0 spiro atoms. The second kappa shape index (κ2) is 10.8. The zero-order valence-corrected chi connectivity index (χ0v) is 14.8. The summed E-state index contributed by atoms with van der Waals surface area (Å²) in [6, 6.07) is 2.22. The van der Waals surface area contributed by atoms with Gasteiger partial charge in [0, 0.05) is 0 Å². The Morgan fingerprint density at radius 3 is 1.96 bits per heavy atom. The molecular weight excluding hydrogens is 308 g/mol. The smallest absolute Gasteiger partial charge is 0.338 e. The van der Waals surface area contributed by atoms with Gasteiger partial charge in [0.1, 0.15) is 6.10 Å². The summed E-state index contributed by atoms with van der Waals surface area (Å²) in [6.45, 7) is 4.28. The first-order chi connectivity index (χ1) is 11.5. The Morgan fingerprint density at radius 1 is 0.917 bits per heavy atom. The molecule has 24 heavy (non-hydrogen) atoms. The summed E-state index contributed by atoms with van der Waals surface area (Å²) in [4.78, 5) is 12.3. The number of esters is 1. The molecule has 0 saturated heterocycles. The molecular formula is C19H30O5. The van der Waals surface area contributed by atoms with Gasteiger partial charge in [0.15, 0.2) is 17.2 Å². The lowest BCUT2D eigenvalue weighted by Crippen LogP contribution is -2.18. The van der Waals surface area contributed by atoms with Crippen molar-refractivity contribution in [1.29, 1.82) is 0 Å². The molecule has 0 heterocycles. The molecule has 0 bridgehead atoms. The summed E-state index contributed by atoms with van der Waals surface area (Å²) in [6.07, 6.45) is 9.19. The Kier molecular flexibility index (Phi) is 9.05. The first-order valence-corrected chi connectivity index (χ1v) is 8.95. The van der Waals surface area contributed by atoms with Gasteiger partial charge < -0.3 is 20.1 Å². The fourth-order valence-corrected chi connectivity index (χ4v) is 2.62. The van der Waals surface area contributed by atoms with Crippen molar-refractivity contribution in [3.05, 3.63) is 17.7 Å². The van der Waals surface area contributed by atoms with Crippen molar-refractivity contribution in [3.8, 4) is 17.2 Å². The Morgan fingerprint density at radius 2 is 1.42 bits per heavy atom. The standard InChI is InChI=1S/C19H30O5/c1-3-5-7-9-11-15(10-8-6-4-2)24-19(23)14-12-16(20)18(22)17(21)13-14/h12-13,15,20-22H,3-11H2,1-2H3. The van der Waals surface area contributed by atoms with Gasteiger partial charge in [-0.3, -0.25) is 0 Å². The van der Waals surface area contributed by atoms with Gasteiger partial charge in [0.2, 0.25) is 0 Å². The van der Waals surface area contributed by atoms with Crippen LogP contribution in [0, 0.1) is 0 Å². The third kappa shape index (κ3) is 6.69. The first-order valence-electron chi connectivity index (χ1n) is 8.95. The summed E-state index contributed by atoms with van der Waals surface area (Å²) in [5.74, 6) is -2.29. The van der Waals surface area contributed by atoms with Gasteiger partial charge in [0.05, 0.1) is 5.56 Å². The molecule has 0 saturated carbocycles. The predicted molar refractivity (Wildman–Crippen MR) is 93.5 cm³/mol. The summed E-state index contributed by atoms with van der Waals surface area (Å²) in [7, 11) is 0. The highest BCUT2D eigenvalue weighted by Gasteiger charge is 2.19. The van der Waals surface area contributed by atoms with Gasteiger partial charge in [-0.1, -0.05) is 46.0 Å². The van der Waals surface area contributed by atoms with E-state index in [0.29, 0.717) is 0 Å². The van der Waals surface area contributed by atoms with E-state index in [9.17, 15) is 20.1 Å². The van der Waals surface area contributed by atoms with Crippen molar-refractivity contribution >= 4 is 5.97 Å². The molecule has 5 nitrogen and oxygen atoms in total. The Hall–Kier alpha value is -1.91. The molecule has 136 valence electrons. The van der Waals surface area contributed by atoms with Gasteiger partial charge in [0.25, 0.3) is 0 Å². The van der Waals surface area contributed by atoms with E-state index in [-0.39, 0.29) is 11.7 Å². The van der Waals surface area contributed by atoms with Gasteiger partial charge in [-0.2, -0.15) is 0 Å². The van der Waals surface area contributed by atoms with Crippen LogP contribution in [0.1, 0.15) is 82.0 Å². The molecule has 1 aromatic rings. The molecule has 0 fully saturated rings. The number of carbonyl (C=O) groups is 1. The van der Waals surface area contributed by atoms with Crippen LogP contribution in [0.2, 0.25) is 0 Å². The minimum Gasteiger partial charge on any atom is -0.504 e. The van der Waals surface area contributed by atoms with Crippen molar-refractivity contribution in [2.24, 2.45) is 0 Å². The number of benzene rings is 1. The van der Waals surface area contributed by atoms with E-state index in [1.807, 2.05) is 0 Å². The summed E-state index contributed by atoms with van der Waals surface area (Å²) < 4.78 is 5.57. The molecule has 1 unspecified atom stereocenters. The number of hydrogen-bond acceptors (Lipinski definition) is 5. The van der Waals surface area contributed by atoms with Crippen molar-refractivity contribution in [2.75, 3.05) is 0 Å². The zero-order valence-electron chi connectivity index (χ0n) is 14.8. The third-order valence-electron chi connectivity index (χ3n) is 4.09. The number of carbonyl (C=O) groups excluding carboxylic acids is 1. The highest BCUT2D eigenvalue weighted by molar-refractivity contribution is 5.91. The lowest BCUT2D eigenvalue weighted by molar-refractivity contribution is 0.0248. The minimum atomic E-state index is -0.634. The maximum atomic E-state index is 12.3. The number of phenols is 3. The monoisotopic (exact) mass is 338 g/mol. The van der Waals surface area contributed by atoms with E-state index in [1.165, 1.54) is 6.42 Å². The van der Waals surface area contributed by atoms with Crippen LogP contribution in [0.25, 0.3) is 0 Å². The van der Waals surface area contributed by atoms with Crippen LogP contribution in [-0.4, -0.2) is 27.4 Å². The SMILES string of the molecule is CCCCCCC(CCCCC)OC(=O)c1cc(O)c(O)c(O)c1. The molecule has 0 aliphatic carbocycles. The largest absolute Gasteiger partial charge is 0.504 e. The topological polar surface area (TPSA) is 87.0 Å². The van der Waals surface area contributed by atoms with E-state index < -0.39 is 23.2 Å². The van der Waals surface area contributed by atoms with Gasteiger partial charge in [-0.05, 0) is 37.8 Å². The maximum absolute atomic E-state index is 12.3. The fourth-order valence-electron chi connectivity index (χ4n) is 2.62. The van der Waals surface area contributed by atoms with Crippen LogP contribution >= 0.6 is 0 Å². The Bertz CT molecular complexity index is 489. The molecule has 3 N–H and O–H groups in total. The van der Waals surface area contributed by atoms with Crippen molar-refractivity contribution in [3.63, 3.8) is 0 Å². The lowest BCUT2D eigenvalue weighted by Gasteiger charge is -2.18. The van der Waals surface area contributed by atoms with Gasteiger partial charge >= 0.3 is 5.97 Å². The fraction of sp³-hybridized carbons (Fsp3) is 0.632. The minimum absolute atomic E-state index is 0.0387. The normalized spacial score (nSPS) is 12.1. The molecule has 0 amide bonds. The number of rotatable bonds is 11. The van der Waals surface area contributed by atoms with E-state index >= 15 is 0 Å². The van der Waals surface area contributed by atoms with Crippen molar-refractivity contribution < 1.29 is 24.9 Å². The van der Waals surface area contributed by atoms with Crippen LogP contribution in [0.5, 0.6) is 17.2 Å². The van der Waals surface area contributed by atoms with Crippen LogP contribution in [0.4, 0.5) is 0 Å². The maximum Gasteiger partial charge on any atom is 0.338 e. The summed E-state index contributed by atoms with van der Waals surface area (Å²) in [5, 5.41) is 28.4. The average molecular weight is 338 g/mol. The third-order valence-corrected chi connectivity index (χ3v) is 4.09. The molecule has 1 rings (SSSR count). The van der Waals surface area contributed by atoms with Crippen molar-refractivity contribution in [1.82, 2.24) is 0 Å². The Balaban J connectivity index is 2.67. The first kappa shape index (κ1) is 20.1. The molecule has 1 aromatic carbocycles. The van der Waals surface area contributed by atoms with E-state index in [0.717, 1.165) is 63.5 Å². The van der Waals surface area contributed by atoms with Crippen LogP contribution in [-0.2, 0) is 4.74 Å². The number of unbranched alkanes of at least 4 members (excludes halogenated alkanes) is 5. The number of aromatic hydroxyl groups is 3. The lowest BCUT2D eigenvalue weighted by atomic mass is 10.0. The highest BCUT2D eigenvalue weighted by Crippen LogP contribution is 2.35. The van der Waals surface area contributed by atoms with E-state index in [2.05, 4.69) is 13.8 Å². The number of ether oxygens (including phenoxy) is 1. The summed E-state index contributed by atoms with van der Waals surface area (Å²) in [5.41, 5.74) is 0.0387. The average Bonchev–Trinajstić information content (AvgIpc) is 2.55. The van der Waals surface area contributed by atoms with Gasteiger partial charge in [-0.25, -0.2) is 4.79 Å². The molecule has 0 aliphatic heterocycles. The van der Waals surface area contributed by atoms with E-state index in [4.69, 9.17) is 4.74 Å². The van der Waals surface area contributed by atoms with Gasteiger partial charge in [-0.15, -0.1) is 0 Å². The van der Waals surface area contributed by atoms with Crippen LogP contribution in [0.3, 0.4) is 0 Å². The second-order valence-electron chi connectivity index (χ2n) is 6.24. The molecule has 0 aliphatic rings. The summed E-state index contributed by atoms with van der Waals surface area (Å²) >= 11 is 0. The molecule has 0 radical (unpaired) electrons. The molecule has 5 heteroatoms. The number of phenolic OH excluding ortho intramolecular Hbond substituents is 3. The zero-order chi connectivity index (χ0) is 17.9. The van der Waals surface area contributed by atoms with E-state index in [1.54, 1.807) is 0 Å². The molecule has 0 aromatic heterocycles.